The lowest BCUT2D eigenvalue weighted by Gasteiger charge is -2.14. The van der Waals surface area contributed by atoms with E-state index in [4.69, 9.17) is 0 Å². The molecule has 3 rings (SSSR count). The number of aromatic nitrogens is 3. The standard InChI is InChI=1S/C18H21N3/c1-4-12-7-8-13(5-2)16(11-12)15-9-10-17-18(14(15)6-3)20-21-19-17/h7-11H,4-6H2,1-3H3,(H,19,20,21). The van der Waals surface area contributed by atoms with Crippen molar-refractivity contribution in [2.24, 2.45) is 0 Å². The monoisotopic (exact) mass is 279 g/mol. The first-order valence-corrected chi connectivity index (χ1v) is 7.73. The first-order chi connectivity index (χ1) is 10.3. The highest BCUT2D eigenvalue weighted by Crippen LogP contribution is 2.32. The maximum Gasteiger partial charge on any atom is 0.116 e. The van der Waals surface area contributed by atoms with E-state index in [1.807, 2.05) is 0 Å². The molecular weight excluding hydrogens is 258 g/mol. The molecule has 0 amide bonds. The van der Waals surface area contributed by atoms with Crippen LogP contribution in [0.2, 0.25) is 0 Å². The number of aromatic amines is 1. The largest absolute Gasteiger partial charge is 0.258 e. The molecule has 3 aromatic rings. The van der Waals surface area contributed by atoms with Gasteiger partial charge in [-0.05, 0) is 53.1 Å². The third kappa shape index (κ3) is 2.33. The van der Waals surface area contributed by atoms with E-state index in [0.29, 0.717) is 0 Å². The minimum Gasteiger partial charge on any atom is -0.258 e. The number of nitrogens with one attached hydrogen (secondary N) is 1. The smallest absolute Gasteiger partial charge is 0.116 e. The molecule has 0 bridgehead atoms. The van der Waals surface area contributed by atoms with Crippen LogP contribution >= 0.6 is 0 Å². The molecule has 0 radical (unpaired) electrons. The average Bonchev–Trinajstić information content (AvgIpc) is 3.01. The Bertz CT molecular complexity index is 771. The SMILES string of the molecule is CCc1ccc(CC)c(-c2ccc3[nH]nnc3c2CC)c1. The molecular formula is C18H21N3. The van der Waals surface area contributed by atoms with Crippen LogP contribution in [0, 0.1) is 0 Å². The van der Waals surface area contributed by atoms with Gasteiger partial charge in [-0.1, -0.05) is 50.3 Å². The van der Waals surface area contributed by atoms with Gasteiger partial charge >= 0.3 is 0 Å². The zero-order valence-corrected chi connectivity index (χ0v) is 12.9. The molecule has 0 aliphatic carbocycles. The number of hydrogen-bond acceptors (Lipinski definition) is 2. The fraction of sp³-hybridized carbons (Fsp3) is 0.333. The van der Waals surface area contributed by atoms with Gasteiger partial charge in [0.05, 0.1) is 5.52 Å². The quantitative estimate of drug-likeness (QED) is 0.773. The molecule has 1 aromatic heterocycles. The molecule has 0 aliphatic heterocycles. The lowest BCUT2D eigenvalue weighted by molar-refractivity contribution is 0.956. The number of hydrogen-bond donors (Lipinski definition) is 1. The van der Waals surface area contributed by atoms with Gasteiger partial charge in [0.1, 0.15) is 5.52 Å². The third-order valence-electron chi connectivity index (χ3n) is 4.21. The molecule has 108 valence electrons. The minimum atomic E-state index is 0.957. The molecule has 0 fully saturated rings. The highest BCUT2D eigenvalue weighted by molar-refractivity contribution is 5.87. The molecule has 1 heterocycles. The van der Waals surface area contributed by atoms with E-state index in [9.17, 15) is 0 Å². The normalized spacial score (nSPS) is 11.2. The highest BCUT2D eigenvalue weighted by Gasteiger charge is 2.13. The number of nitrogens with zero attached hydrogens (tertiary/aromatic N) is 2. The van der Waals surface area contributed by atoms with E-state index < -0.39 is 0 Å². The molecule has 21 heavy (non-hydrogen) atoms. The van der Waals surface area contributed by atoms with Crippen LogP contribution in [0.15, 0.2) is 30.3 Å². The van der Waals surface area contributed by atoms with Crippen LogP contribution < -0.4 is 0 Å². The van der Waals surface area contributed by atoms with E-state index in [-0.39, 0.29) is 0 Å². The van der Waals surface area contributed by atoms with Gasteiger partial charge in [-0.15, -0.1) is 5.10 Å². The van der Waals surface area contributed by atoms with Crippen LogP contribution in [-0.2, 0) is 19.3 Å². The lowest BCUT2D eigenvalue weighted by atomic mass is 9.90. The highest BCUT2D eigenvalue weighted by atomic mass is 15.3. The fourth-order valence-corrected chi connectivity index (χ4v) is 2.98. The average molecular weight is 279 g/mol. The zero-order chi connectivity index (χ0) is 14.8. The van der Waals surface area contributed by atoms with Gasteiger partial charge in [0.2, 0.25) is 0 Å². The maximum absolute atomic E-state index is 4.27. The summed E-state index contributed by atoms with van der Waals surface area (Å²) < 4.78 is 0. The van der Waals surface area contributed by atoms with Crippen molar-refractivity contribution in [3.05, 3.63) is 47.0 Å². The van der Waals surface area contributed by atoms with Crippen molar-refractivity contribution in [1.29, 1.82) is 0 Å². The second-order valence-corrected chi connectivity index (χ2v) is 5.35. The predicted octanol–water partition coefficient (Wildman–Crippen LogP) is 4.31. The second kappa shape index (κ2) is 5.68. The topological polar surface area (TPSA) is 41.6 Å². The summed E-state index contributed by atoms with van der Waals surface area (Å²) >= 11 is 0. The summed E-state index contributed by atoms with van der Waals surface area (Å²) in [5.41, 5.74) is 8.71. The molecule has 0 aliphatic rings. The number of fused-ring (bicyclic) bond motifs is 1. The van der Waals surface area contributed by atoms with Crippen LogP contribution in [0.25, 0.3) is 22.2 Å². The van der Waals surface area contributed by atoms with E-state index >= 15 is 0 Å². The summed E-state index contributed by atoms with van der Waals surface area (Å²) in [6, 6.07) is 11.1. The molecule has 0 unspecified atom stereocenters. The van der Waals surface area contributed by atoms with Gasteiger partial charge in [0, 0.05) is 0 Å². The Labute approximate surface area is 125 Å². The Hall–Kier alpha value is -2.16. The number of H-pyrrole nitrogens is 1. The Morgan fingerprint density at radius 2 is 1.76 bits per heavy atom. The summed E-state index contributed by atoms with van der Waals surface area (Å²) in [4.78, 5) is 0. The summed E-state index contributed by atoms with van der Waals surface area (Å²) in [6.07, 6.45) is 3.06. The van der Waals surface area contributed by atoms with Crippen molar-refractivity contribution in [1.82, 2.24) is 15.4 Å². The summed E-state index contributed by atoms with van der Waals surface area (Å²) in [6.45, 7) is 6.60. The fourth-order valence-electron chi connectivity index (χ4n) is 2.98. The van der Waals surface area contributed by atoms with Crippen molar-refractivity contribution in [2.75, 3.05) is 0 Å². The third-order valence-corrected chi connectivity index (χ3v) is 4.21. The number of benzene rings is 2. The van der Waals surface area contributed by atoms with Crippen molar-refractivity contribution in [3.8, 4) is 11.1 Å². The predicted molar refractivity (Wildman–Crippen MR) is 87.5 cm³/mol. The molecule has 2 aromatic carbocycles. The Morgan fingerprint density at radius 1 is 0.905 bits per heavy atom. The Balaban J connectivity index is 2.28. The van der Waals surface area contributed by atoms with Gasteiger partial charge in [-0.2, -0.15) is 0 Å². The number of rotatable bonds is 4. The Morgan fingerprint density at radius 3 is 2.48 bits per heavy atom. The van der Waals surface area contributed by atoms with Gasteiger partial charge < -0.3 is 0 Å². The first kappa shape index (κ1) is 13.8. The van der Waals surface area contributed by atoms with E-state index in [1.165, 1.54) is 27.8 Å². The number of aryl methyl sites for hydroxylation is 3. The van der Waals surface area contributed by atoms with Gasteiger partial charge in [0.15, 0.2) is 0 Å². The van der Waals surface area contributed by atoms with Gasteiger partial charge in [-0.3, -0.25) is 5.10 Å². The zero-order valence-electron chi connectivity index (χ0n) is 12.9. The van der Waals surface area contributed by atoms with Gasteiger partial charge in [-0.25, -0.2) is 0 Å². The summed E-state index contributed by atoms with van der Waals surface area (Å²) in [7, 11) is 0. The van der Waals surface area contributed by atoms with E-state index in [1.54, 1.807) is 0 Å². The Kier molecular flexibility index (Phi) is 3.74. The van der Waals surface area contributed by atoms with Crippen LogP contribution in [-0.4, -0.2) is 15.4 Å². The maximum atomic E-state index is 4.27. The van der Waals surface area contributed by atoms with Crippen LogP contribution in [0.3, 0.4) is 0 Å². The van der Waals surface area contributed by atoms with Crippen molar-refractivity contribution >= 4 is 11.0 Å². The first-order valence-electron chi connectivity index (χ1n) is 7.73. The summed E-state index contributed by atoms with van der Waals surface area (Å²) in [5, 5.41) is 11.2. The molecule has 0 spiro atoms. The van der Waals surface area contributed by atoms with Crippen molar-refractivity contribution in [3.63, 3.8) is 0 Å². The van der Waals surface area contributed by atoms with Gasteiger partial charge in [0.25, 0.3) is 0 Å². The van der Waals surface area contributed by atoms with Crippen molar-refractivity contribution < 1.29 is 0 Å². The van der Waals surface area contributed by atoms with Crippen molar-refractivity contribution in [2.45, 2.75) is 40.0 Å². The summed E-state index contributed by atoms with van der Waals surface area (Å²) in [5.74, 6) is 0. The van der Waals surface area contributed by atoms with E-state index in [2.05, 4.69) is 66.5 Å². The molecule has 3 heteroatoms. The molecule has 0 saturated carbocycles. The lowest BCUT2D eigenvalue weighted by Crippen LogP contribution is -1.95. The van der Waals surface area contributed by atoms with Crippen LogP contribution in [0.5, 0.6) is 0 Å². The molecule has 0 saturated heterocycles. The second-order valence-electron chi connectivity index (χ2n) is 5.35. The molecule has 3 nitrogen and oxygen atoms in total. The molecule has 1 N–H and O–H groups in total. The minimum absolute atomic E-state index is 0.957. The molecule has 0 atom stereocenters. The van der Waals surface area contributed by atoms with Crippen LogP contribution in [0.4, 0.5) is 0 Å². The van der Waals surface area contributed by atoms with E-state index in [0.717, 1.165) is 30.3 Å². The van der Waals surface area contributed by atoms with Crippen LogP contribution in [0.1, 0.15) is 37.5 Å².